The molecule has 2 heterocycles. The molecule has 3 aromatic rings. The summed E-state index contributed by atoms with van der Waals surface area (Å²) in [7, 11) is -2.80. The highest BCUT2D eigenvalue weighted by Gasteiger charge is 2.27. The van der Waals surface area contributed by atoms with Crippen molar-refractivity contribution in [2.24, 2.45) is 5.92 Å². The molecular weight excluding hydrogens is 481 g/mol. The number of aryl methyl sites for hydroxylation is 1. The van der Waals surface area contributed by atoms with E-state index >= 15 is 4.39 Å². The van der Waals surface area contributed by atoms with E-state index < -0.39 is 21.9 Å². The van der Waals surface area contributed by atoms with Crippen LogP contribution in [0.5, 0.6) is 0 Å². The van der Waals surface area contributed by atoms with E-state index in [2.05, 4.69) is 4.98 Å². The Morgan fingerprint density at radius 3 is 2.65 bits per heavy atom. The molecule has 0 fully saturated rings. The van der Waals surface area contributed by atoms with Crippen LogP contribution in [0.3, 0.4) is 0 Å². The van der Waals surface area contributed by atoms with Crippen LogP contribution in [0.25, 0.3) is 11.1 Å². The molecule has 0 unspecified atom stereocenters. The Balaban J connectivity index is 1.94. The molecular formula is C23H28FN3O5S2. The number of halogens is 1. The van der Waals surface area contributed by atoms with Crippen LogP contribution < -0.4 is 4.72 Å². The standard InChI is InChI=1S/C23H28FN3O5S2/c1-15(2)11-19-13-20(22(33-19)34(29,30)26-23(28)32-10-9-31-4)17-5-6-18(21(24)12-17)14-27-8-7-25-16(27)3/h5-8,12-13,15H,9-11,14H2,1-4H3,(H,26,28). The van der Waals surface area contributed by atoms with Gasteiger partial charge in [-0.05, 0) is 37.0 Å². The molecule has 0 bridgehead atoms. The number of imidazole rings is 1. The highest BCUT2D eigenvalue weighted by atomic mass is 32.2. The van der Waals surface area contributed by atoms with Crippen LogP contribution >= 0.6 is 11.3 Å². The lowest BCUT2D eigenvalue weighted by Crippen LogP contribution is -2.31. The summed E-state index contributed by atoms with van der Waals surface area (Å²) >= 11 is 1.06. The van der Waals surface area contributed by atoms with Gasteiger partial charge in [0, 0.05) is 35.5 Å². The van der Waals surface area contributed by atoms with Gasteiger partial charge in [-0.2, -0.15) is 0 Å². The van der Waals surface area contributed by atoms with Gasteiger partial charge in [0.2, 0.25) is 0 Å². The zero-order valence-electron chi connectivity index (χ0n) is 19.5. The van der Waals surface area contributed by atoms with Gasteiger partial charge in [-0.1, -0.05) is 26.0 Å². The van der Waals surface area contributed by atoms with E-state index in [1.54, 1.807) is 30.6 Å². The number of rotatable bonds is 10. The van der Waals surface area contributed by atoms with E-state index in [4.69, 9.17) is 9.47 Å². The Hall–Kier alpha value is -2.76. The molecule has 184 valence electrons. The molecule has 2 aromatic heterocycles. The molecule has 0 aliphatic carbocycles. The van der Waals surface area contributed by atoms with E-state index in [-0.39, 0.29) is 23.3 Å². The summed E-state index contributed by atoms with van der Waals surface area (Å²) in [6.45, 7) is 6.23. The molecule has 3 rings (SSSR count). The van der Waals surface area contributed by atoms with Crippen LogP contribution in [-0.2, 0) is 32.5 Å². The second-order valence-electron chi connectivity index (χ2n) is 8.15. The van der Waals surface area contributed by atoms with Crippen LogP contribution in [0.2, 0.25) is 0 Å². The Bertz CT molecular complexity index is 1250. The Morgan fingerprint density at radius 1 is 1.26 bits per heavy atom. The van der Waals surface area contributed by atoms with Crippen molar-refractivity contribution >= 4 is 27.5 Å². The first-order chi connectivity index (χ1) is 16.1. The summed E-state index contributed by atoms with van der Waals surface area (Å²) in [6.07, 6.45) is 2.96. The minimum Gasteiger partial charge on any atom is -0.446 e. The first kappa shape index (κ1) is 25.9. The normalized spacial score (nSPS) is 11.7. The van der Waals surface area contributed by atoms with Crippen molar-refractivity contribution in [3.8, 4) is 11.1 Å². The van der Waals surface area contributed by atoms with E-state index in [1.165, 1.54) is 13.2 Å². The lowest BCUT2D eigenvalue weighted by atomic mass is 10.0. The van der Waals surface area contributed by atoms with Gasteiger partial charge in [0.05, 0.1) is 13.2 Å². The van der Waals surface area contributed by atoms with Gasteiger partial charge in [-0.15, -0.1) is 11.3 Å². The van der Waals surface area contributed by atoms with Gasteiger partial charge in [-0.25, -0.2) is 27.3 Å². The number of ether oxygens (including phenoxy) is 2. The topological polar surface area (TPSA) is 99.5 Å². The predicted octanol–water partition coefficient (Wildman–Crippen LogP) is 4.37. The van der Waals surface area contributed by atoms with Gasteiger partial charge in [-0.3, -0.25) is 0 Å². The summed E-state index contributed by atoms with van der Waals surface area (Å²) < 4.78 is 54.4. The van der Waals surface area contributed by atoms with Gasteiger partial charge in [0.25, 0.3) is 10.0 Å². The number of benzene rings is 1. The zero-order chi connectivity index (χ0) is 24.9. The molecule has 1 amide bonds. The van der Waals surface area contributed by atoms with Crippen molar-refractivity contribution in [1.29, 1.82) is 0 Å². The van der Waals surface area contributed by atoms with Crippen molar-refractivity contribution in [1.82, 2.24) is 14.3 Å². The molecule has 0 aliphatic rings. The van der Waals surface area contributed by atoms with E-state index in [1.807, 2.05) is 30.1 Å². The third-order valence-corrected chi connectivity index (χ3v) is 7.97. The second kappa shape index (κ2) is 11.1. The summed E-state index contributed by atoms with van der Waals surface area (Å²) in [6, 6.07) is 6.37. The first-order valence-corrected chi connectivity index (χ1v) is 13.0. The van der Waals surface area contributed by atoms with Crippen LogP contribution in [0, 0.1) is 18.7 Å². The van der Waals surface area contributed by atoms with Crippen molar-refractivity contribution in [3.63, 3.8) is 0 Å². The number of carbonyl (C=O) groups is 1. The number of sulfonamides is 1. The molecule has 0 atom stereocenters. The Labute approximate surface area is 202 Å². The fraction of sp³-hybridized carbons (Fsp3) is 0.391. The minimum absolute atomic E-state index is 0.0653. The predicted molar refractivity (Wildman–Crippen MR) is 128 cm³/mol. The molecule has 0 spiro atoms. The number of methoxy groups -OCH3 is 1. The van der Waals surface area contributed by atoms with Gasteiger partial charge in [0.1, 0.15) is 22.5 Å². The number of thiophene rings is 1. The highest BCUT2D eigenvalue weighted by molar-refractivity contribution is 7.92. The molecule has 0 saturated carbocycles. The number of nitrogens with zero attached hydrogens (tertiary/aromatic N) is 2. The largest absolute Gasteiger partial charge is 0.446 e. The number of hydrogen-bond donors (Lipinski definition) is 1. The van der Waals surface area contributed by atoms with Crippen LogP contribution in [0.1, 0.15) is 30.1 Å². The monoisotopic (exact) mass is 509 g/mol. The van der Waals surface area contributed by atoms with Gasteiger partial charge >= 0.3 is 6.09 Å². The van der Waals surface area contributed by atoms with Gasteiger partial charge < -0.3 is 14.0 Å². The molecule has 0 radical (unpaired) electrons. The third kappa shape index (κ3) is 6.43. The average Bonchev–Trinajstić information content (AvgIpc) is 3.35. The fourth-order valence-electron chi connectivity index (χ4n) is 3.33. The van der Waals surface area contributed by atoms with Crippen molar-refractivity contribution in [3.05, 3.63) is 58.7 Å². The Kier molecular flexibility index (Phi) is 8.45. The molecule has 11 heteroatoms. The maximum Gasteiger partial charge on any atom is 0.421 e. The third-order valence-electron chi connectivity index (χ3n) is 4.97. The lowest BCUT2D eigenvalue weighted by Gasteiger charge is -2.10. The number of amides is 1. The van der Waals surface area contributed by atoms with Crippen LogP contribution in [-0.4, -0.2) is 44.4 Å². The summed E-state index contributed by atoms with van der Waals surface area (Å²) in [5.74, 6) is 0.584. The lowest BCUT2D eigenvalue weighted by molar-refractivity contribution is 0.102. The molecule has 0 saturated heterocycles. The summed E-state index contributed by atoms with van der Waals surface area (Å²) in [5.41, 5.74) is 1.19. The number of nitrogens with one attached hydrogen (secondary N) is 1. The first-order valence-electron chi connectivity index (χ1n) is 10.7. The molecule has 1 aromatic carbocycles. The molecule has 1 N–H and O–H groups in total. The van der Waals surface area contributed by atoms with E-state index in [0.29, 0.717) is 29.7 Å². The van der Waals surface area contributed by atoms with Crippen LogP contribution in [0.4, 0.5) is 9.18 Å². The Morgan fingerprint density at radius 2 is 2.03 bits per heavy atom. The van der Waals surface area contributed by atoms with Crippen LogP contribution in [0.15, 0.2) is 40.9 Å². The van der Waals surface area contributed by atoms with E-state index in [0.717, 1.165) is 22.0 Å². The smallest absolute Gasteiger partial charge is 0.421 e. The summed E-state index contributed by atoms with van der Waals surface area (Å²) in [5, 5.41) is 0. The molecule has 34 heavy (non-hydrogen) atoms. The SMILES string of the molecule is COCCOC(=O)NS(=O)(=O)c1sc(CC(C)C)cc1-c1ccc(Cn2ccnc2C)c(F)c1. The number of aromatic nitrogens is 2. The molecule has 8 nitrogen and oxygen atoms in total. The fourth-order valence-corrected chi connectivity index (χ4v) is 6.17. The van der Waals surface area contributed by atoms with E-state index in [9.17, 15) is 13.2 Å². The minimum atomic E-state index is -4.24. The van der Waals surface area contributed by atoms with Crippen molar-refractivity contribution in [2.45, 2.75) is 37.9 Å². The molecule has 0 aliphatic heterocycles. The maximum absolute atomic E-state index is 15.0. The van der Waals surface area contributed by atoms with Crippen molar-refractivity contribution in [2.75, 3.05) is 20.3 Å². The zero-order valence-corrected chi connectivity index (χ0v) is 21.1. The quantitative estimate of drug-likeness (QED) is 0.408. The number of hydrogen-bond acceptors (Lipinski definition) is 7. The highest BCUT2D eigenvalue weighted by Crippen LogP contribution is 2.37. The average molecular weight is 510 g/mol. The summed E-state index contributed by atoms with van der Waals surface area (Å²) in [4.78, 5) is 16.9. The second-order valence-corrected chi connectivity index (χ2v) is 11.2. The van der Waals surface area contributed by atoms with Crippen molar-refractivity contribution < 1.29 is 27.1 Å². The van der Waals surface area contributed by atoms with Gasteiger partial charge in [0.15, 0.2) is 0 Å². The maximum atomic E-state index is 15.0. The number of carbonyl (C=O) groups excluding carboxylic acids is 1.